The maximum Gasteiger partial charge on any atom is 0.225 e. The molecule has 7 heteroatoms. The van der Waals surface area contributed by atoms with Crippen molar-refractivity contribution >= 4 is 11.9 Å². The fraction of sp³-hybridized carbons (Fsp3) is 0.708. The van der Waals surface area contributed by atoms with Crippen LogP contribution in [-0.4, -0.2) is 53.5 Å². The smallest absolute Gasteiger partial charge is 0.225 e. The summed E-state index contributed by atoms with van der Waals surface area (Å²) in [6, 6.07) is 4.25. The molecule has 2 aliphatic carbocycles. The number of ether oxygens (including phenoxy) is 1. The Kier molecular flexibility index (Phi) is 7.65. The van der Waals surface area contributed by atoms with Crippen LogP contribution >= 0.6 is 0 Å². The van der Waals surface area contributed by atoms with Gasteiger partial charge in [-0.3, -0.25) is 4.79 Å². The molecular formula is C24H37N5O2. The van der Waals surface area contributed by atoms with Crippen molar-refractivity contribution in [2.24, 2.45) is 10.9 Å². The van der Waals surface area contributed by atoms with Crippen molar-refractivity contribution < 1.29 is 9.53 Å². The first-order chi connectivity index (χ1) is 15.2. The normalized spacial score (nSPS) is 22.8. The predicted octanol–water partition coefficient (Wildman–Crippen LogP) is 3.25. The third-order valence-corrected chi connectivity index (χ3v) is 6.70. The minimum Gasteiger partial charge on any atom is -0.474 e. The van der Waals surface area contributed by atoms with Crippen molar-refractivity contribution in [1.82, 2.24) is 20.5 Å². The molecule has 1 aliphatic heterocycles. The Morgan fingerprint density at radius 3 is 2.65 bits per heavy atom. The summed E-state index contributed by atoms with van der Waals surface area (Å²) in [6.07, 6.45) is 12.5. The van der Waals surface area contributed by atoms with Crippen molar-refractivity contribution in [1.29, 1.82) is 0 Å². The summed E-state index contributed by atoms with van der Waals surface area (Å²) in [5.41, 5.74) is 1.06. The van der Waals surface area contributed by atoms with Gasteiger partial charge in [0, 0.05) is 43.9 Å². The highest BCUT2D eigenvalue weighted by Crippen LogP contribution is 2.28. The topological polar surface area (TPSA) is 78.9 Å². The number of hydrogen-bond donors (Lipinski definition) is 2. The van der Waals surface area contributed by atoms with Crippen LogP contribution in [0, 0.1) is 5.92 Å². The van der Waals surface area contributed by atoms with Gasteiger partial charge in [-0.05, 0) is 57.4 Å². The second-order valence-electron chi connectivity index (χ2n) is 9.12. The Bertz CT molecular complexity index is 739. The van der Waals surface area contributed by atoms with Crippen molar-refractivity contribution in [2.75, 3.05) is 19.6 Å². The van der Waals surface area contributed by atoms with Crippen LogP contribution in [0.1, 0.15) is 70.3 Å². The van der Waals surface area contributed by atoms with Gasteiger partial charge in [0.15, 0.2) is 5.96 Å². The summed E-state index contributed by atoms with van der Waals surface area (Å²) in [5, 5.41) is 6.85. The first kappa shape index (κ1) is 21.9. The van der Waals surface area contributed by atoms with Crippen molar-refractivity contribution in [3.8, 4) is 5.88 Å². The molecule has 0 radical (unpaired) electrons. The summed E-state index contributed by atoms with van der Waals surface area (Å²) in [6.45, 7) is 5.05. The SMILES string of the molecule is CCNC(=NCc1ccc(OC2CCCC2)nc1)NC1CCN(C(=O)C2CCCC2)C1. The van der Waals surface area contributed by atoms with Gasteiger partial charge in [0.25, 0.3) is 0 Å². The second-order valence-corrected chi connectivity index (χ2v) is 9.12. The number of amides is 1. The average Bonchev–Trinajstić information content (AvgIpc) is 3.55. The molecule has 3 fully saturated rings. The number of carbonyl (C=O) groups excluding carboxylic acids is 1. The molecule has 1 aromatic heterocycles. The molecule has 0 bridgehead atoms. The number of guanidine groups is 1. The lowest BCUT2D eigenvalue weighted by molar-refractivity contribution is -0.134. The first-order valence-corrected chi connectivity index (χ1v) is 12.2. The molecular weight excluding hydrogens is 390 g/mol. The van der Waals surface area contributed by atoms with Crippen LogP contribution in [0.15, 0.2) is 23.3 Å². The number of nitrogens with zero attached hydrogens (tertiary/aromatic N) is 3. The molecule has 1 amide bonds. The third-order valence-electron chi connectivity index (χ3n) is 6.70. The largest absolute Gasteiger partial charge is 0.474 e. The molecule has 0 spiro atoms. The summed E-state index contributed by atoms with van der Waals surface area (Å²) in [7, 11) is 0. The molecule has 2 heterocycles. The van der Waals surface area contributed by atoms with Gasteiger partial charge in [0.1, 0.15) is 6.10 Å². The van der Waals surface area contributed by atoms with Gasteiger partial charge >= 0.3 is 0 Å². The van der Waals surface area contributed by atoms with Crippen LogP contribution in [0.3, 0.4) is 0 Å². The summed E-state index contributed by atoms with van der Waals surface area (Å²) in [5.74, 6) is 2.13. The first-order valence-electron chi connectivity index (χ1n) is 12.2. The van der Waals surface area contributed by atoms with E-state index in [0.717, 1.165) is 63.3 Å². The van der Waals surface area contributed by atoms with E-state index in [1.807, 2.05) is 23.2 Å². The molecule has 4 rings (SSSR count). The zero-order chi connectivity index (χ0) is 21.5. The van der Waals surface area contributed by atoms with E-state index < -0.39 is 0 Å². The Morgan fingerprint density at radius 2 is 1.94 bits per heavy atom. The van der Waals surface area contributed by atoms with Crippen LogP contribution in [0.4, 0.5) is 0 Å². The number of hydrogen-bond acceptors (Lipinski definition) is 4. The lowest BCUT2D eigenvalue weighted by Crippen LogP contribution is -2.45. The van der Waals surface area contributed by atoms with Gasteiger partial charge in [0.2, 0.25) is 11.8 Å². The molecule has 170 valence electrons. The quantitative estimate of drug-likeness (QED) is 0.516. The molecule has 2 saturated carbocycles. The zero-order valence-corrected chi connectivity index (χ0v) is 18.8. The molecule has 1 unspecified atom stereocenters. The minimum absolute atomic E-state index is 0.253. The predicted molar refractivity (Wildman–Crippen MR) is 122 cm³/mol. The number of carbonyl (C=O) groups is 1. The molecule has 2 N–H and O–H groups in total. The number of aliphatic imine (C=N–C) groups is 1. The maximum atomic E-state index is 12.7. The number of pyridine rings is 1. The minimum atomic E-state index is 0.253. The van der Waals surface area contributed by atoms with Crippen molar-refractivity contribution in [2.45, 2.75) is 83.4 Å². The highest BCUT2D eigenvalue weighted by atomic mass is 16.5. The van der Waals surface area contributed by atoms with E-state index in [-0.39, 0.29) is 12.0 Å². The Morgan fingerprint density at radius 1 is 1.16 bits per heavy atom. The van der Waals surface area contributed by atoms with Gasteiger partial charge in [-0.25, -0.2) is 9.98 Å². The summed E-state index contributed by atoms with van der Waals surface area (Å²) >= 11 is 0. The molecule has 1 atom stereocenters. The van der Waals surface area contributed by atoms with Gasteiger partial charge in [0.05, 0.1) is 6.54 Å². The fourth-order valence-electron chi connectivity index (χ4n) is 4.94. The number of rotatable bonds is 7. The van der Waals surface area contributed by atoms with Gasteiger partial charge in [-0.15, -0.1) is 0 Å². The summed E-state index contributed by atoms with van der Waals surface area (Å²) in [4.78, 5) is 23.9. The van der Waals surface area contributed by atoms with E-state index in [0.29, 0.717) is 24.4 Å². The molecule has 31 heavy (non-hydrogen) atoms. The summed E-state index contributed by atoms with van der Waals surface area (Å²) < 4.78 is 5.95. The monoisotopic (exact) mass is 427 g/mol. The molecule has 1 aromatic rings. The van der Waals surface area contributed by atoms with Crippen LogP contribution in [0.2, 0.25) is 0 Å². The molecule has 3 aliphatic rings. The number of nitrogens with one attached hydrogen (secondary N) is 2. The van der Waals surface area contributed by atoms with E-state index >= 15 is 0 Å². The van der Waals surface area contributed by atoms with E-state index in [4.69, 9.17) is 9.73 Å². The highest BCUT2D eigenvalue weighted by molar-refractivity contribution is 5.81. The van der Waals surface area contributed by atoms with E-state index in [1.54, 1.807) is 0 Å². The van der Waals surface area contributed by atoms with E-state index in [2.05, 4.69) is 22.5 Å². The van der Waals surface area contributed by atoms with Crippen LogP contribution in [-0.2, 0) is 11.3 Å². The maximum absolute atomic E-state index is 12.7. The third kappa shape index (κ3) is 6.11. The molecule has 7 nitrogen and oxygen atoms in total. The molecule has 1 saturated heterocycles. The highest BCUT2D eigenvalue weighted by Gasteiger charge is 2.32. The van der Waals surface area contributed by atoms with Crippen LogP contribution in [0.5, 0.6) is 5.88 Å². The van der Waals surface area contributed by atoms with E-state index in [9.17, 15) is 4.79 Å². The van der Waals surface area contributed by atoms with E-state index in [1.165, 1.54) is 25.7 Å². The second kappa shape index (κ2) is 10.8. The number of likely N-dealkylation sites (tertiary alicyclic amines) is 1. The lowest BCUT2D eigenvalue weighted by Gasteiger charge is -2.21. The van der Waals surface area contributed by atoms with Crippen molar-refractivity contribution in [3.63, 3.8) is 0 Å². The van der Waals surface area contributed by atoms with Gasteiger partial charge in [-0.2, -0.15) is 0 Å². The Hall–Kier alpha value is -2.31. The fourth-order valence-corrected chi connectivity index (χ4v) is 4.94. The van der Waals surface area contributed by atoms with Crippen molar-refractivity contribution in [3.05, 3.63) is 23.9 Å². The van der Waals surface area contributed by atoms with Crippen LogP contribution in [0.25, 0.3) is 0 Å². The van der Waals surface area contributed by atoms with Crippen LogP contribution < -0.4 is 15.4 Å². The molecule has 0 aromatic carbocycles. The zero-order valence-electron chi connectivity index (χ0n) is 18.8. The lowest BCUT2D eigenvalue weighted by atomic mass is 10.1. The Labute approximate surface area is 186 Å². The Balaban J connectivity index is 1.27. The van der Waals surface area contributed by atoms with Gasteiger partial charge in [-0.1, -0.05) is 18.9 Å². The standard InChI is InChI=1S/C24H37N5O2/c1-2-25-24(28-20-13-14-29(17-20)23(30)19-7-3-4-8-19)27-16-18-11-12-22(26-15-18)31-21-9-5-6-10-21/h11-12,15,19-21H,2-10,13-14,16-17H2,1H3,(H2,25,27,28). The average molecular weight is 428 g/mol. The van der Waals surface area contributed by atoms with Gasteiger partial charge < -0.3 is 20.3 Å². The number of aromatic nitrogens is 1.